The molecule has 29 heavy (non-hydrogen) atoms. The van der Waals surface area contributed by atoms with Crippen LogP contribution in [0, 0.1) is 5.92 Å². The fourth-order valence-corrected chi connectivity index (χ4v) is 5.94. The summed E-state index contributed by atoms with van der Waals surface area (Å²) in [6.45, 7) is 4.42. The second-order valence-corrected chi connectivity index (χ2v) is 10.1. The topological polar surface area (TPSA) is 77.6 Å². The fraction of sp³-hybridized carbons (Fsp3) is 0.476. The maximum absolute atomic E-state index is 13.2. The third-order valence-electron chi connectivity index (χ3n) is 5.68. The second-order valence-electron chi connectivity index (χ2n) is 7.90. The van der Waals surface area contributed by atoms with Crippen molar-refractivity contribution in [1.82, 2.24) is 25.0 Å². The van der Waals surface area contributed by atoms with Crippen LogP contribution in [0.25, 0.3) is 0 Å². The standard InChI is InChI=1S/C21H29N5O2S/c27-29(28,21-13-23-24-14-21)26-11-10-25(15-18-6-2-1-3-7-18)16-19(17-26)12-20-8-4-5-9-22-20/h1-9,19,21,23-24H,10-17H2. The van der Waals surface area contributed by atoms with Crippen molar-refractivity contribution < 1.29 is 8.42 Å². The average Bonchev–Trinajstić information content (AvgIpc) is 3.21. The van der Waals surface area contributed by atoms with Gasteiger partial charge in [-0.25, -0.2) is 8.42 Å². The van der Waals surface area contributed by atoms with Gasteiger partial charge >= 0.3 is 0 Å². The van der Waals surface area contributed by atoms with Crippen LogP contribution in [0.3, 0.4) is 0 Å². The molecule has 3 heterocycles. The lowest BCUT2D eigenvalue weighted by molar-refractivity contribution is 0.248. The molecule has 1 aromatic heterocycles. The fourth-order valence-electron chi connectivity index (χ4n) is 4.17. The SMILES string of the molecule is O=S(=O)(C1CNNC1)N1CCN(Cc2ccccc2)CC(Cc2ccccn2)C1. The highest BCUT2D eigenvalue weighted by Gasteiger charge is 2.37. The van der Waals surface area contributed by atoms with Crippen molar-refractivity contribution in [1.29, 1.82) is 0 Å². The largest absolute Gasteiger partial charge is 0.297 e. The highest BCUT2D eigenvalue weighted by atomic mass is 32.2. The first-order chi connectivity index (χ1) is 14.1. The van der Waals surface area contributed by atoms with E-state index < -0.39 is 15.3 Å². The van der Waals surface area contributed by atoms with E-state index in [1.807, 2.05) is 24.3 Å². The van der Waals surface area contributed by atoms with E-state index in [1.165, 1.54) is 5.56 Å². The first-order valence-electron chi connectivity index (χ1n) is 10.2. The number of rotatable bonds is 6. The summed E-state index contributed by atoms with van der Waals surface area (Å²) < 4.78 is 28.1. The van der Waals surface area contributed by atoms with Crippen molar-refractivity contribution in [2.75, 3.05) is 39.3 Å². The number of sulfonamides is 1. The molecule has 0 radical (unpaired) electrons. The maximum Gasteiger partial charge on any atom is 0.219 e. The van der Waals surface area contributed by atoms with E-state index >= 15 is 0 Å². The average molecular weight is 416 g/mol. The third kappa shape index (κ3) is 5.21. The van der Waals surface area contributed by atoms with Gasteiger partial charge in [-0.05, 0) is 30.0 Å². The number of benzene rings is 1. The summed E-state index contributed by atoms with van der Waals surface area (Å²) in [4.78, 5) is 6.85. The number of hydrogen-bond donors (Lipinski definition) is 2. The molecule has 1 aromatic carbocycles. The molecule has 1 atom stereocenters. The Labute approximate surface area is 173 Å². The van der Waals surface area contributed by atoms with E-state index in [9.17, 15) is 8.42 Å². The van der Waals surface area contributed by atoms with E-state index in [-0.39, 0.29) is 5.92 Å². The minimum Gasteiger partial charge on any atom is -0.297 e. The monoisotopic (exact) mass is 415 g/mol. The number of pyridine rings is 1. The molecule has 0 saturated carbocycles. The van der Waals surface area contributed by atoms with Gasteiger partial charge in [0.15, 0.2) is 0 Å². The number of aromatic nitrogens is 1. The molecule has 7 nitrogen and oxygen atoms in total. The van der Waals surface area contributed by atoms with Gasteiger partial charge in [0.25, 0.3) is 0 Å². The molecule has 2 saturated heterocycles. The van der Waals surface area contributed by atoms with Crippen molar-refractivity contribution in [2.24, 2.45) is 5.92 Å². The molecule has 2 aliphatic heterocycles. The molecule has 2 fully saturated rings. The molecule has 0 aliphatic carbocycles. The Bertz CT molecular complexity index is 872. The summed E-state index contributed by atoms with van der Waals surface area (Å²) in [6, 6.07) is 16.3. The summed E-state index contributed by atoms with van der Waals surface area (Å²) in [5.74, 6) is 0.202. The highest BCUT2D eigenvalue weighted by molar-refractivity contribution is 7.89. The first kappa shape index (κ1) is 20.4. The number of hydrogen-bond acceptors (Lipinski definition) is 6. The lowest BCUT2D eigenvalue weighted by atomic mass is 10.0. The summed E-state index contributed by atoms with van der Waals surface area (Å²) >= 11 is 0. The molecule has 2 aromatic rings. The van der Waals surface area contributed by atoms with E-state index in [4.69, 9.17) is 0 Å². The van der Waals surface area contributed by atoms with E-state index in [1.54, 1.807) is 10.5 Å². The van der Waals surface area contributed by atoms with Crippen LogP contribution in [0.5, 0.6) is 0 Å². The quantitative estimate of drug-likeness (QED) is 0.729. The molecule has 8 heteroatoms. The Morgan fingerprint density at radius 1 is 0.966 bits per heavy atom. The zero-order valence-corrected chi connectivity index (χ0v) is 17.4. The van der Waals surface area contributed by atoms with Crippen LogP contribution < -0.4 is 10.9 Å². The van der Waals surface area contributed by atoms with Crippen LogP contribution in [-0.4, -0.2) is 67.1 Å². The van der Waals surface area contributed by atoms with Crippen molar-refractivity contribution in [3.05, 3.63) is 66.0 Å². The summed E-state index contributed by atoms with van der Waals surface area (Å²) in [6.07, 6.45) is 2.58. The van der Waals surface area contributed by atoms with Gasteiger partial charge in [-0.3, -0.25) is 20.7 Å². The first-order valence-corrected chi connectivity index (χ1v) is 11.7. The summed E-state index contributed by atoms with van der Waals surface area (Å²) in [5.41, 5.74) is 8.17. The normalized spacial score (nSPS) is 22.6. The van der Waals surface area contributed by atoms with Crippen LogP contribution in [0.4, 0.5) is 0 Å². The van der Waals surface area contributed by atoms with Crippen LogP contribution in [0.15, 0.2) is 54.7 Å². The third-order valence-corrected chi connectivity index (χ3v) is 7.91. The Balaban J connectivity index is 1.52. The second kappa shape index (κ2) is 9.32. The number of nitrogens with one attached hydrogen (secondary N) is 2. The van der Waals surface area contributed by atoms with Gasteiger partial charge in [0.2, 0.25) is 10.0 Å². The zero-order valence-electron chi connectivity index (χ0n) is 16.6. The molecule has 4 rings (SSSR count). The van der Waals surface area contributed by atoms with Gasteiger partial charge in [0.1, 0.15) is 5.25 Å². The molecule has 0 amide bonds. The Hall–Kier alpha value is -1.84. The molecule has 1 unspecified atom stereocenters. The number of hydrazine groups is 1. The van der Waals surface area contributed by atoms with Crippen molar-refractivity contribution >= 4 is 10.0 Å². The van der Waals surface area contributed by atoms with Crippen LogP contribution in [0.2, 0.25) is 0 Å². The van der Waals surface area contributed by atoms with E-state index in [0.717, 1.165) is 31.7 Å². The molecule has 2 aliphatic rings. The zero-order chi connectivity index (χ0) is 20.1. The minimum atomic E-state index is -3.35. The van der Waals surface area contributed by atoms with Crippen molar-refractivity contribution in [3.8, 4) is 0 Å². The predicted octanol–water partition coefficient (Wildman–Crippen LogP) is 0.864. The molecule has 156 valence electrons. The Morgan fingerprint density at radius 2 is 1.72 bits per heavy atom. The van der Waals surface area contributed by atoms with Crippen molar-refractivity contribution in [2.45, 2.75) is 18.2 Å². The van der Waals surface area contributed by atoms with Crippen LogP contribution >= 0.6 is 0 Å². The van der Waals surface area contributed by atoms with E-state index in [2.05, 4.69) is 45.0 Å². The Kier molecular flexibility index (Phi) is 6.56. The van der Waals surface area contributed by atoms with Gasteiger partial charge in [-0.15, -0.1) is 0 Å². The maximum atomic E-state index is 13.2. The predicted molar refractivity (Wildman–Crippen MR) is 113 cm³/mol. The molecule has 2 N–H and O–H groups in total. The van der Waals surface area contributed by atoms with Gasteiger partial charge < -0.3 is 0 Å². The molecular weight excluding hydrogens is 386 g/mol. The highest BCUT2D eigenvalue weighted by Crippen LogP contribution is 2.21. The minimum absolute atomic E-state index is 0.202. The molecular formula is C21H29N5O2S. The van der Waals surface area contributed by atoms with Crippen LogP contribution in [-0.2, 0) is 23.0 Å². The van der Waals surface area contributed by atoms with Gasteiger partial charge in [0, 0.05) is 57.7 Å². The number of nitrogens with zero attached hydrogens (tertiary/aromatic N) is 3. The van der Waals surface area contributed by atoms with Gasteiger partial charge in [-0.2, -0.15) is 4.31 Å². The van der Waals surface area contributed by atoms with Gasteiger partial charge in [0.05, 0.1) is 0 Å². The Morgan fingerprint density at radius 3 is 2.45 bits per heavy atom. The van der Waals surface area contributed by atoms with Gasteiger partial charge in [-0.1, -0.05) is 36.4 Å². The van der Waals surface area contributed by atoms with Crippen LogP contribution in [0.1, 0.15) is 11.3 Å². The van der Waals surface area contributed by atoms with E-state index in [0.29, 0.717) is 26.2 Å². The lowest BCUT2D eigenvalue weighted by Gasteiger charge is -2.26. The smallest absolute Gasteiger partial charge is 0.219 e. The van der Waals surface area contributed by atoms with Crippen molar-refractivity contribution in [3.63, 3.8) is 0 Å². The summed E-state index contributed by atoms with van der Waals surface area (Å²) in [5, 5.41) is -0.404. The lowest BCUT2D eigenvalue weighted by Crippen LogP contribution is -2.44. The summed E-state index contributed by atoms with van der Waals surface area (Å²) in [7, 11) is -3.35. The molecule has 0 bridgehead atoms. The molecule has 0 spiro atoms.